The van der Waals surface area contributed by atoms with E-state index >= 15 is 0 Å². The van der Waals surface area contributed by atoms with Crippen LogP contribution in [-0.4, -0.2) is 73.5 Å². The quantitative estimate of drug-likeness (QED) is 0.161. The Hall–Kier alpha value is -3.38. The second-order valence-corrected chi connectivity index (χ2v) is 6.23. The second kappa shape index (κ2) is 11.6. The van der Waals surface area contributed by atoms with E-state index in [1.807, 2.05) is 0 Å². The van der Waals surface area contributed by atoms with Gasteiger partial charge in [0.2, 0.25) is 11.8 Å². The average molecular weight is 429 g/mol. The van der Waals surface area contributed by atoms with Crippen molar-refractivity contribution in [2.45, 2.75) is 58.3 Å². The van der Waals surface area contributed by atoms with Gasteiger partial charge in [-0.15, -0.1) is 0 Å². The largest absolute Gasteiger partial charge is 0.463 e. The fourth-order valence-corrected chi connectivity index (χ4v) is 2.76. The van der Waals surface area contributed by atoms with Crippen LogP contribution in [0.15, 0.2) is 5.11 Å². The van der Waals surface area contributed by atoms with Gasteiger partial charge in [0.15, 0.2) is 18.4 Å². The molecule has 0 aliphatic carbocycles. The zero-order valence-corrected chi connectivity index (χ0v) is 16.8. The van der Waals surface area contributed by atoms with Crippen LogP contribution in [0.25, 0.3) is 10.4 Å². The van der Waals surface area contributed by atoms with Crippen molar-refractivity contribution in [3.63, 3.8) is 0 Å². The van der Waals surface area contributed by atoms with Crippen LogP contribution >= 0.6 is 0 Å². The molecule has 0 radical (unpaired) electrons. The molecule has 1 aliphatic rings. The Bertz CT molecular complexity index is 737. The van der Waals surface area contributed by atoms with Gasteiger partial charge in [0.25, 0.3) is 0 Å². The van der Waals surface area contributed by atoms with E-state index in [-0.39, 0.29) is 0 Å². The number of esters is 3. The molecule has 1 aliphatic heterocycles. The Morgan fingerprint density at radius 1 is 0.967 bits per heavy atom. The smallest absolute Gasteiger partial charge is 0.303 e. The van der Waals surface area contributed by atoms with Crippen molar-refractivity contribution in [3.8, 4) is 0 Å². The van der Waals surface area contributed by atoms with E-state index in [0.717, 1.165) is 20.8 Å². The number of rotatable bonds is 8. The van der Waals surface area contributed by atoms with Crippen molar-refractivity contribution in [1.82, 2.24) is 10.6 Å². The number of hydrogen-bond acceptors (Lipinski definition) is 10. The number of hydrogen-bond donors (Lipinski definition) is 2. The van der Waals surface area contributed by atoms with Gasteiger partial charge in [-0.2, -0.15) is 0 Å². The maximum Gasteiger partial charge on any atom is 0.303 e. The van der Waals surface area contributed by atoms with Crippen LogP contribution in [0.1, 0.15) is 27.7 Å². The van der Waals surface area contributed by atoms with Crippen LogP contribution in [0.3, 0.4) is 0 Å². The van der Waals surface area contributed by atoms with Crippen LogP contribution in [0, 0.1) is 0 Å². The van der Waals surface area contributed by atoms with E-state index in [2.05, 4.69) is 20.7 Å². The predicted octanol–water partition coefficient (Wildman–Crippen LogP) is -0.931. The van der Waals surface area contributed by atoms with Crippen LogP contribution < -0.4 is 10.6 Å². The normalized spacial score (nSPS) is 25.1. The molecule has 0 saturated carbocycles. The number of ether oxygens (including phenoxy) is 4. The highest BCUT2D eigenvalue weighted by Gasteiger charge is 2.51. The van der Waals surface area contributed by atoms with Gasteiger partial charge in [-0.25, -0.2) is 0 Å². The third kappa shape index (κ3) is 7.93. The Morgan fingerprint density at radius 3 is 2.07 bits per heavy atom. The summed E-state index contributed by atoms with van der Waals surface area (Å²) in [5.74, 6) is -3.49. The summed E-state index contributed by atoms with van der Waals surface area (Å²) in [4.78, 5) is 60.7. The van der Waals surface area contributed by atoms with Gasteiger partial charge in [0.1, 0.15) is 25.3 Å². The fraction of sp³-hybridized carbons (Fsp3) is 0.688. The third-order valence-electron chi connectivity index (χ3n) is 3.70. The summed E-state index contributed by atoms with van der Waals surface area (Å²) < 4.78 is 21.1. The minimum absolute atomic E-state index is 0.402. The first-order valence-corrected chi connectivity index (χ1v) is 8.75. The molecule has 1 heterocycles. The highest BCUT2D eigenvalue weighted by Crippen LogP contribution is 2.26. The third-order valence-corrected chi connectivity index (χ3v) is 3.70. The van der Waals surface area contributed by atoms with Crippen molar-refractivity contribution in [2.24, 2.45) is 5.11 Å². The summed E-state index contributed by atoms with van der Waals surface area (Å²) in [5.41, 5.74) is 8.35. The number of nitrogens with one attached hydrogen (secondary N) is 2. The van der Waals surface area contributed by atoms with E-state index in [0.29, 0.717) is 0 Å². The van der Waals surface area contributed by atoms with Crippen molar-refractivity contribution in [1.29, 1.82) is 0 Å². The SMILES string of the molecule is CC(=O)N[C@@H]1[C@@H](OC(C)=O)[C@H](OC(C)=O)[C@@H](COC(C)=O)O[C@H]1NC(=O)CN=[N+]=[N-]. The van der Waals surface area contributed by atoms with E-state index in [4.69, 9.17) is 24.5 Å². The molecule has 14 heteroatoms. The molecule has 1 saturated heterocycles. The molecule has 1 rings (SSSR count). The minimum atomic E-state index is -1.30. The van der Waals surface area contributed by atoms with E-state index in [1.165, 1.54) is 6.92 Å². The van der Waals surface area contributed by atoms with Gasteiger partial charge in [-0.3, -0.25) is 24.0 Å². The molecule has 5 atom stereocenters. The van der Waals surface area contributed by atoms with E-state index in [9.17, 15) is 24.0 Å². The monoisotopic (exact) mass is 429 g/mol. The van der Waals surface area contributed by atoms with Gasteiger partial charge in [-0.1, -0.05) is 5.11 Å². The summed E-state index contributed by atoms with van der Waals surface area (Å²) >= 11 is 0. The van der Waals surface area contributed by atoms with E-state index in [1.54, 1.807) is 0 Å². The molecule has 0 bridgehead atoms. The summed E-state index contributed by atoms with van der Waals surface area (Å²) in [5, 5.41) is 7.99. The second-order valence-electron chi connectivity index (χ2n) is 6.23. The number of azide groups is 1. The molecule has 1 fully saturated rings. The van der Waals surface area contributed by atoms with Crippen molar-refractivity contribution in [2.75, 3.05) is 13.2 Å². The Morgan fingerprint density at radius 2 is 1.57 bits per heavy atom. The van der Waals surface area contributed by atoms with Gasteiger partial charge in [-0.05, 0) is 5.53 Å². The molecular weight excluding hydrogens is 406 g/mol. The predicted molar refractivity (Wildman–Crippen MR) is 96.2 cm³/mol. The van der Waals surface area contributed by atoms with Gasteiger partial charge in [0, 0.05) is 32.6 Å². The summed E-state index contributed by atoms with van der Waals surface area (Å²) in [6, 6.07) is -1.18. The lowest BCUT2D eigenvalue weighted by atomic mass is 9.95. The first kappa shape index (κ1) is 24.7. The Labute approximate surface area is 171 Å². The zero-order valence-electron chi connectivity index (χ0n) is 16.8. The molecule has 30 heavy (non-hydrogen) atoms. The van der Waals surface area contributed by atoms with Crippen molar-refractivity contribution < 1.29 is 42.9 Å². The topological polar surface area (TPSA) is 195 Å². The lowest BCUT2D eigenvalue weighted by Crippen LogP contribution is -2.69. The number of nitrogens with zero attached hydrogens (tertiary/aromatic N) is 3. The molecule has 2 N–H and O–H groups in total. The molecule has 0 aromatic rings. The van der Waals surface area contributed by atoms with Crippen LogP contribution in [0.5, 0.6) is 0 Å². The fourth-order valence-electron chi connectivity index (χ4n) is 2.76. The maximum atomic E-state index is 12.0. The highest BCUT2D eigenvalue weighted by molar-refractivity contribution is 5.79. The number of amides is 2. The van der Waals surface area contributed by atoms with Crippen molar-refractivity contribution in [3.05, 3.63) is 10.4 Å². The molecule has 0 spiro atoms. The average Bonchev–Trinajstić information content (AvgIpc) is 2.62. The van der Waals surface area contributed by atoms with Crippen LogP contribution in [0.2, 0.25) is 0 Å². The number of carbonyl (C=O) groups excluding carboxylic acids is 5. The van der Waals surface area contributed by atoms with E-state index < -0.39 is 73.5 Å². The molecule has 2 amide bonds. The lowest BCUT2D eigenvalue weighted by Gasteiger charge is -2.45. The highest BCUT2D eigenvalue weighted by atomic mass is 16.6. The number of carbonyl (C=O) groups is 5. The van der Waals surface area contributed by atoms with Crippen LogP contribution in [-0.2, 0) is 42.9 Å². The standard InChI is InChI=1S/C16H23N5O9/c1-7(22)19-13-15(29-10(4)25)14(28-9(3)24)11(6-27-8(2)23)30-16(13)20-12(26)5-18-21-17/h11,13-16H,5-6H2,1-4H3,(H,19,22)(H,20,26)/t11-,13-,14-,15-,16-/m1/s1. The van der Waals surface area contributed by atoms with Gasteiger partial charge in [0.05, 0.1) is 0 Å². The van der Waals surface area contributed by atoms with Gasteiger partial charge < -0.3 is 29.6 Å². The molecule has 14 nitrogen and oxygen atoms in total. The molecule has 0 unspecified atom stereocenters. The van der Waals surface area contributed by atoms with Gasteiger partial charge >= 0.3 is 17.9 Å². The zero-order chi connectivity index (χ0) is 22.8. The molecular formula is C16H23N5O9. The first-order chi connectivity index (χ1) is 14.0. The first-order valence-electron chi connectivity index (χ1n) is 8.75. The molecule has 166 valence electrons. The summed E-state index contributed by atoms with van der Waals surface area (Å²) in [6.07, 6.45) is -5.02. The maximum absolute atomic E-state index is 12.0. The minimum Gasteiger partial charge on any atom is -0.463 e. The summed E-state index contributed by atoms with van der Waals surface area (Å²) in [6.45, 7) is 3.56. The van der Waals surface area contributed by atoms with Crippen LogP contribution in [0.4, 0.5) is 0 Å². The Balaban J connectivity index is 3.31. The Kier molecular flexibility index (Phi) is 9.52. The summed E-state index contributed by atoms with van der Waals surface area (Å²) in [7, 11) is 0. The molecule has 0 aromatic carbocycles. The van der Waals surface area contributed by atoms with Crippen molar-refractivity contribution >= 4 is 29.7 Å². The lowest BCUT2D eigenvalue weighted by molar-refractivity contribution is -0.227. The molecule has 0 aromatic heterocycles.